The van der Waals surface area contributed by atoms with Crippen molar-refractivity contribution in [3.05, 3.63) is 0 Å². The fourth-order valence-corrected chi connectivity index (χ4v) is 0.995. The molecule has 76 valence electrons. The molecule has 0 unspecified atom stereocenters. The molecule has 0 aromatic carbocycles. The molecule has 0 aliphatic carbocycles. The molecule has 0 bridgehead atoms. The Morgan fingerprint density at radius 2 is 2.31 bits per heavy atom. The van der Waals surface area contributed by atoms with Crippen LogP contribution in [0.1, 0.15) is 26.7 Å². The zero-order valence-electron chi connectivity index (χ0n) is 8.21. The van der Waals surface area contributed by atoms with Crippen LogP contribution in [-0.4, -0.2) is 25.5 Å². The lowest BCUT2D eigenvalue weighted by Gasteiger charge is -2.09. The number of esters is 1. The third-order valence-electron chi connectivity index (χ3n) is 1.69. The van der Waals surface area contributed by atoms with Gasteiger partial charge in [0.25, 0.3) is 0 Å². The van der Waals surface area contributed by atoms with Gasteiger partial charge in [-0.3, -0.25) is 9.59 Å². The second-order valence-corrected chi connectivity index (χ2v) is 2.97. The molecule has 4 heteroatoms. The fourth-order valence-electron chi connectivity index (χ4n) is 0.995. The quantitative estimate of drug-likeness (QED) is 0.363. The number of hydrogen-bond donors (Lipinski definition) is 1. The van der Waals surface area contributed by atoms with Crippen molar-refractivity contribution in [2.24, 2.45) is 5.92 Å². The molecule has 0 aromatic heterocycles. The van der Waals surface area contributed by atoms with Gasteiger partial charge in [-0.1, -0.05) is 6.92 Å². The minimum atomic E-state index is -0.166. The summed E-state index contributed by atoms with van der Waals surface area (Å²) < 4.78 is 4.79. The Hall–Kier alpha value is -1.06. The fraction of sp³-hybridized carbons (Fsp3) is 0.778. The van der Waals surface area contributed by atoms with Gasteiger partial charge in [0.1, 0.15) is 0 Å². The van der Waals surface area contributed by atoms with Gasteiger partial charge >= 0.3 is 5.97 Å². The van der Waals surface area contributed by atoms with E-state index in [-0.39, 0.29) is 11.9 Å². The summed E-state index contributed by atoms with van der Waals surface area (Å²) in [5.41, 5.74) is 0. The molecule has 0 saturated heterocycles. The Balaban J connectivity index is 3.43. The van der Waals surface area contributed by atoms with E-state index in [1.54, 1.807) is 6.92 Å². The van der Waals surface area contributed by atoms with Crippen molar-refractivity contribution in [2.75, 3.05) is 13.2 Å². The first-order chi connectivity index (χ1) is 6.20. The topological polar surface area (TPSA) is 55.4 Å². The van der Waals surface area contributed by atoms with Crippen molar-refractivity contribution < 1.29 is 14.3 Å². The van der Waals surface area contributed by atoms with Crippen molar-refractivity contribution in [1.29, 1.82) is 0 Å². The van der Waals surface area contributed by atoms with E-state index >= 15 is 0 Å². The SMILES string of the molecule is CCOC(=O)C[C@@H](C)CCNC=O. The summed E-state index contributed by atoms with van der Waals surface area (Å²) in [5, 5.41) is 2.55. The van der Waals surface area contributed by atoms with E-state index in [4.69, 9.17) is 4.74 Å². The summed E-state index contributed by atoms with van der Waals surface area (Å²) in [6.07, 6.45) is 1.89. The number of carbonyl (C=O) groups is 2. The first-order valence-electron chi connectivity index (χ1n) is 4.53. The van der Waals surface area contributed by atoms with E-state index in [9.17, 15) is 9.59 Å². The standard InChI is InChI=1S/C9H17NO3/c1-3-13-9(12)6-8(2)4-5-10-7-11/h7-8H,3-6H2,1-2H3,(H,10,11)/t8-/m0/s1. The lowest BCUT2D eigenvalue weighted by atomic mass is 10.0. The van der Waals surface area contributed by atoms with E-state index in [0.29, 0.717) is 26.0 Å². The Labute approximate surface area is 78.6 Å². The number of nitrogens with one attached hydrogen (secondary N) is 1. The summed E-state index contributed by atoms with van der Waals surface area (Å²) >= 11 is 0. The summed E-state index contributed by atoms with van der Waals surface area (Å²) in [5.74, 6) is 0.0904. The van der Waals surface area contributed by atoms with Gasteiger partial charge in [0.05, 0.1) is 6.61 Å². The summed E-state index contributed by atoms with van der Waals surface area (Å²) in [6.45, 7) is 4.79. The predicted octanol–water partition coefficient (Wildman–Crippen LogP) is 0.712. The molecule has 0 rings (SSSR count). The largest absolute Gasteiger partial charge is 0.466 e. The van der Waals surface area contributed by atoms with E-state index in [1.165, 1.54) is 0 Å². The third kappa shape index (κ3) is 7.31. The normalized spacial score (nSPS) is 11.8. The summed E-state index contributed by atoms with van der Waals surface area (Å²) in [7, 11) is 0. The van der Waals surface area contributed by atoms with E-state index in [2.05, 4.69) is 5.32 Å². The molecule has 0 spiro atoms. The smallest absolute Gasteiger partial charge is 0.306 e. The van der Waals surface area contributed by atoms with Gasteiger partial charge in [-0.05, 0) is 19.3 Å². The van der Waals surface area contributed by atoms with Crippen molar-refractivity contribution in [1.82, 2.24) is 5.32 Å². The van der Waals surface area contributed by atoms with Crippen LogP contribution in [0.2, 0.25) is 0 Å². The lowest BCUT2D eigenvalue weighted by molar-refractivity contribution is -0.144. The predicted molar refractivity (Wildman–Crippen MR) is 49.1 cm³/mol. The highest BCUT2D eigenvalue weighted by atomic mass is 16.5. The molecular weight excluding hydrogens is 170 g/mol. The molecule has 0 aromatic rings. The average Bonchev–Trinajstić information content (AvgIpc) is 2.05. The number of amides is 1. The number of hydrogen-bond acceptors (Lipinski definition) is 3. The Morgan fingerprint density at radius 1 is 1.62 bits per heavy atom. The molecule has 1 N–H and O–H groups in total. The van der Waals surface area contributed by atoms with Gasteiger partial charge in [-0.15, -0.1) is 0 Å². The van der Waals surface area contributed by atoms with Gasteiger partial charge in [-0.25, -0.2) is 0 Å². The van der Waals surface area contributed by atoms with Crippen molar-refractivity contribution in [3.8, 4) is 0 Å². The van der Waals surface area contributed by atoms with E-state index < -0.39 is 0 Å². The van der Waals surface area contributed by atoms with Crippen LogP contribution >= 0.6 is 0 Å². The van der Waals surface area contributed by atoms with Gasteiger partial charge in [0, 0.05) is 13.0 Å². The van der Waals surface area contributed by atoms with Crippen LogP contribution < -0.4 is 5.32 Å². The third-order valence-corrected chi connectivity index (χ3v) is 1.69. The van der Waals surface area contributed by atoms with E-state index in [0.717, 1.165) is 6.42 Å². The van der Waals surface area contributed by atoms with Crippen molar-refractivity contribution >= 4 is 12.4 Å². The monoisotopic (exact) mass is 187 g/mol. The van der Waals surface area contributed by atoms with Crippen LogP contribution in [0.25, 0.3) is 0 Å². The first-order valence-corrected chi connectivity index (χ1v) is 4.53. The molecule has 0 saturated carbocycles. The maximum absolute atomic E-state index is 11.0. The molecule has 0 fully saturated rings. The first kappa shape index (κ1) is 11.9. The number of carbonyl (C=O) groups excluding carboxylic acids is 2. The van der Waals surface area contributed by atoms with Gasteiger partial charge in [-0.2, -0.15) is 0 Å². The van der Waals surface area contributed by atoms with Crippen LogP contribution in [0.4, 0.5) is 0 Å². The molecule has 0 heterocycles. The number of rotatable bonds is 7. The van der Waals surface area contributed by atoms with Gasteiger partial charge < -0.3 is 10.1 Å². The highest BCUT2D eigenvalue weighted by Gasteiger charge is 2.08. The highest BCUT2D eigenvalue weighted by molar-refractivity contribution is 5.69. The maximum Gasteiger partial charge on any atom is 0.306 e. The Bertz CT molecular complexity index is 159. The molecule has 4 nitrogen and oxygen atoms in total. The van der Waals surface area contributed by atoms with Crippen molar-refractivity contribution in [2.45, 2.75) is 26.7 Å². The molecule has 13 heavy (non-hydrogen) atoms. The van der Waals surface area contributed by atoms with Crippen LogP contribution in [0.5, 0.6) is 0 Å². The molecule has 1 amide bonds. The van der Waals surface area contributed by atoms with Gasteiger partial charge in [0.15, 0.2) is 0 Å². The maximum atomic E-state index is 11.0. The summed E-state index contributed by atoms with van der Waals surface area (Å²) in [4.78, 5) is 20.9. The van der Waals surface area contributed by atoms with Gasteiger partial charge in [0.2, 0.25) is 6.41 Å². The van der Waals surface area contributed by atoms with Crippen LogP contribution in [-0.2, 0) is 14.3 Å². The zero-order valence-corrected chi connectivity index (χ0v) is 8.21. The average molecular weight is 187 g/mol. The minimum absolute atomic E-state index is 0.166. The second-order valence-electron chi connectivity index (χ2n) is 2.97. The molecule has 0 radical (unpaired) electrons. The lowest BCUT2D eigenvalue weighted by Crippen LogP contribution is -2.17. The minimum Gasteiger partial charge on any atom is -0.466 e. The van der Waals surface area contributed by atoms with Crippen LogP contribution in [0.3, 0.4) is 0 Å². The Morgan fingerprint density at radius 3 is 2.85 bits per heavy atom. The zero-order chi connectivity index (χ0) is 10.1. The van der Waals surface area contributed by atoms with Crippen LogP contribution in [0.15, 0.2) is 0 Å². The molecule has 0 aliphatic rings. The van der Waals surface area contributed by atoms with Crippen LogP contribution in [0, 0.1) is 5.92 Å². The highest BCUT2D eigenvalue weighted by Crippen LogP contribution is 2.07. The number of ether oxygens (including phenoxy) is 1. The second kappa shape index (κ2) is 7.58. The van der Waals surface area contributed by atoms with E-state index in [1.807, 2.05) is 6.92 Å². The van der Waals surface area contributed by atoms with Crippen molar-refractivity contribution in [3.63, 3.8) is 0 Å². The molecule has 0 aliphatic heterocycles. The molecular formula is C9H17NO3. The Kier molecular flexibility index (Phi) is 6.96. The molecule has 1 atom stereocenters. The summed E-state index contributed by atoms with van der Waals surface area (Å²) in [6, 6.07) is 0.